The van der Waals surface area contributed by atoms with Crippen molar-refractivity contribution < 1.29 is 10.2 Å². The van der Waals surface area contributed by atoms with E-state index in [1.54, 1.807) is 4.90 Å². The predicted octanol–water partition coefficient (Wildman–Crippen LogP) is 2.67. The molecule has 0 aromatic heterocycles. The molecule has 118 valence electrons. The Morgan fingerprint density at radius 1 is 0.826 bits per heavy atom. The molecule has 0 saturated carbocycles. The van der Waals surface area contributed by atoms with E-state index >= 15 is 0 Å². The third-order valence-electron chi connectivity index (χ3n) is 2.70. The molecule has 0 amide bonds. The summed E-state index contributed by atoms with van der Waals surface area (Å²) in [7, 11) is 0. The van der Waals surface area contributed by atoms with Gasteiger partial charge in [0.05, 0.1) is 0 Å². The molecule has 0 aliphatic heterocycles. The van der Waals surface area contributed by atoms with Crippen molar-refractivity contribution >= 4 is 86.2 Å². The van der Waals surface area contributed by atoms with Crippen LogP contribution in [0.3, 0.4) is 0 Å². The number of aliphatic hydroxyl groups excluding tert-OH is 2. The quantitative estimate of drug-likeness (QED) is 0.565. The van der Waals surface area contributed by atoms with Crippen LogP contribution in [0.2, 0.25) is 0 Å². The van der Waals surface area contributed by atoms with E-state index in [0.717, 1.165) is 11.1 Å². The van der Waals surface area contributed by atoms with Crippen molar-refractivity contribution in [3.63, 3.8) is 0 Å². The number of hydrogen-bond acceptors (Lipinski definition) is 2. The second kappa shape index (κ2) is 12.8. The Hall–Kier alpha value is -0.544. The molecule has 4 N–H and O–H groups in total. The van der Waals surface area contributed by atoms with Gasteiger partial charge in [-0.25, -0.2) is 0 Å². The fourth-order valence-electron chi connectivity index (χ4n) is 1.80. The Labute approximate surface area is 189 Å². The molecule has 0 atom stereocenters. The fraction of sp³-hybridized carbons (Fsp3) is 0.125. The average molecular weight is 375 g/mol. The monoisotopic (exact) mass is 374 g/mol. The Morgan fingerprint density at radius 2 is 1.13 bits per heavy atom. The molecule has 2 aromatic carbocycles. The van der Waals surface area contributed by atoms with E-state index in [-0.39, 0.29) is 56.6 Å². The molecule has 0 aliphatic rings. The van der Waals surface area contributed by atoms with E-state index in [0.29, 0.717) is 13.1 Å². The number of thiocarbonyl (C=S) groups is 2. The Balaban J connectivity index is 0.000000871. The van der Waals surface area contributed by atoms with Crippen molar-refractivity contribution in [3.05, 3.63) is 71.8 Å². The Bertz CT molecular complexity index is 552. The fourth-order valence-corrected chi connectivity index (χ4v) is 1.93. The zero-order valence-corrected chi connectivity index (χ0v) is 13.6. The van der Waals surface area contributed by atoms with Gasteiger partial charge >= 0.3 is 51.4 Å². The summed E-state index contributed by atoms with van der Waals surface area (Å²) in [5, 5.41) is 16.6. The third-order valence-corrected chi connectivity index (χ3v) is 2.96. The Morgan fingerprint density at radius 3 is 1.39 bits per heavy atom. The van der Waals surface area contributed by atoms with E-state index < -0.39 is 5.17 Å². The minimum absolute atomic E-state index is 0. The van der Waals surface area contributed by atoms with Gasteiger partial charge in [-0.15, -0.1) is 0 Å². The van der Waals surface area contributed by atoms with Crippen molar-refractivity contribution in [1.82, 2.24) is 4.90 Å². The molecule has 23 heavy (non-hydrogen) atoms. The van der Waals surface area contributed by atoms with Crippen LogP contribution in [-0.4, -0.2) is 76.8 Å². The molecule has 0 spiro atoms. The molecule has 0 saturated heterocycles. The second-order valence-electron chi connectivity index (χ2n) is 4.45. The summed E-state index contributed by atoms with van der Waals surface area (Å²) in [6, 6.07) is 20.0. The van der Waals surface area contributed by atoms with E-state index in [9.17, 15) is 5.11 Å². The van der Waals surface area contributed by atoms with Crippen LogP contribution in [0, 0.1) is 0 Å². The standard InChI is InChI=1S/C15H15NOS.CH3NOS.K.H/c17-15(18)16(11-13-7-3-1-4-8-13)12-14-9-5-2-6-10-14;2-1(3)4;;/h1-10H,11-12H2,(H,17,18);(H3,2,3,4);;. The van der Waals surface area contributed by atoms with Crippen LogP contribution in [0.15, 0.2) is 60.7 Å². The normalized spacial score (nSPS) is 8.87. The summed E-state index contributed by atoms with van der Waals surface area (Å²) >= 11 is 8.77. The van der Waals surface area contributed by atoms with Crippen LogP contribution in [0.1, 0.15) is 11.1 Å². The molecule has 0 fully saturated rings. The van der Waals surface area contributed by atoms with Crippen LogP contribution in [0.4, 0.5) is 0 Å². The molecule has 0 unspecified atom stereocenters. The van der Waals surface area contributed by atoms with E-state index in [4.69, 9.17) is 17.3 Å². The van der Waals surface area contributed by atoms with E-state index in [2.05, 4.69) is 18.0 Å². The molecular formula is C16H19KN2O2S2. The van der Waals surface area contributed by atoms with Gasteiger partial charge in [-0.1, -0.05) is 60.7 Å². The molecule has 2 rings (SSSR count). The summed E-state index contributed by atoms with van der Waals surface area (Å²) < 4.78 is 0. The molecule has 0 radical (unpaired) electrons. The van der Waals surface area contributed by atoms with Crippen molar-refractivity contribution in [1.29, 1.82) is 0 Å². The zero-order chi connectivity index (χ0) is 16.4. The van der Waals surface area contributed by atoms with Gasteiger partial charge in [0.15, 0.2) is 0 Å². The Kier molecular flexibility index (Phi) is 12.5. The maximum atomic E-state index is 9.59. The molecule has 0 bridgehead atoms. The number of benzene rings is 2. The van der Waals surface area contributed by atoms with Crippen molar-refractivity contribution in [2.75, 3.05) is 0 Å². The third kappa shape index (κ3) is 10.8. The van der Waals surface area contributed by atoms with Crippen molar-refractivity contribution in [2.24, 2.45) is 5.73 Å². The number of nitrogens with zero attached hydrogens (tertiary/aromatic N) is 1. The van der Waals surface area contributed by atoms with Gasteiger partial charge in [0.1, 0.15) is 0 Å². The molecule has 0 aliphatic carbocycles. The molecule has 4 nitrogen and oxygen atoms in total. The average Bonchev–Trinajstić information content (AvgIpc) is 2.48. The van der Waals surface area contributed by atoms with Gasteiger partial charge in [-0.05, 0) is 35.6 Å². The van der Waals surface area contributed by atoms with E-state index in [1.165, 1.54) is 0 Å². The summed E-state index contributed by atoms with van der Waals surface area (Å²) in [5.41, 5.74) is 6.66. The molecule has 0 heterocycles. The van der Waals surface area contributed by atoms with E-state index in [1.807, 2.05) is 60.7 Å². The van der Waals surface area contributed by atoms with Crippen molar-refractivity contribution in [3.8, 4) is 0 Å². The number of hydrogen-bond donors (Lipinski definition) is 3. The molecular weight excluding hydrogens is 355 g/mol. The van der Waals surface area contributed by atoms with Crippen LogP contribution >= 0.6 is 24.4 Å². The first-order valence-corrected chi connectivity index (χ1v) is 7.35. The summed E-state index contributed by atoms with van der Waals surface area (Å²) in [6.45, 7) is 1.23. The van der Waals surface area contributed by atoms with Gasteiger partial charge in [-0.2, -0.15) is 0 Å². The molecule has 2 aromatic rings. The SMILES string of the molecule is NC(O)=S.OC(=S)N(Cc1ccccc1)Cc1ccccc1.[KH]. The van der Waals surface area contributed by atoms with Gasteiger partial charge < -0.3 is 20.8 Å². The van der Waals surface area contributed by atoms with Gasteiger partial charge in [0.25, 0.3) is 10.3 Å². The first-order chi connectivity index (χ1) is 10.5. The van der Waals surface area contributed by atoms with Gasteiger partial charge in [0.2, 0.25) is 0 Å². The molecule has 7 heteroatoms. The summed E-state index contributed by atoms with van der Waals surface area (Å²) in [4.78, 5) is 1.78. The number of aliphatic hydroxyl groups is 2. The number of nitrogens with two attached hydrogens (primary N) is 1. The van der Waals surface area contributed by atoms with Crippen LogP contribution in [0.25, 0.3) is 0 Å². The maximum absolute atomic E-state index is 9.59. The summed E-state index contributed by atoms with van der Waals surface area (Å²) in [6.07, 6.45) is 0. The minimum atomic E-state index is -0.500. The van der Waals surface area contributed by atoms with Crippen molar-refractivity contribution in [2.45, 2.75) is 13.1 Å². The zero-order valence-electron chi connectivity index (χ0n) is 11.9. The van der Waals surface area contributed by atoms with Crippen LogP contribution in [0.5, 0.6) is 0 Å². The predicted molar refractivity (Wildman–Crippen MR) is 104 cm³/mol. The first kappa shape index (κ1) is 22.5. The van der Waals surface area contributed by atoms with Crippen LogP contribution in [-0.2, 0) is 13.1 Å². The van der Waals surface area contributed by atoms with Crippen LogP contribution < -0.4 is 5.73 Å². The van der Waals surface area contributed by atoms with Gasteiger partial charge in [0, 0.05) is 13.1 Å². The first-order valence-electron chi connectivity index (χ1n) is 6.53. The second-order valence-corrected chi connectivity index (χ2v) is 5.23. The number of rotatable bonds is 4. The van der Waals surface area contributed by atoms with Gasteiger partial charge in [-0.3, -0.25) is 0 Å². The topological polar surface area (TPSA) is 69.7 Å². The summed E-state index contributed by atoms with van der Waals surface area (Å²) in [5.74, 6) is 0.